The molecule has 3 rings (SSSR count). The Kier molecular flexibility index (Phi) is 3.80. The van der Waals surface area contributed by atoms with E-state index in [1.54, 1.807) is 6.07 Å². The van der Waals surface area contributed by atoms with Crippen LogP contribution in [0.3, 0.4) is 0 Å². The van der Waals surface area contributed by atoms with Crippen molar-refractivity contribution in [3.8, 4) is 0 Å². The van der Waals surface area contributed by atoms with Gasteiger partial charge in [-0.25, -0.2) is 4.39 Å². The van der Waals surface area contributed by atoms with Crippen molar-refractivity contribution in [1.82, 2.24) is 0 Å². The molecule has 1 aromatic heterocycles. The number of thioether (sulfide) groups is 1. The number of carbonyl (C=O) groups is 1. The first-order valence-corrected chi connectivity index (χ1v) is 7.52. The number of hydrogen-bond acceptors (Lipinski definition) is 3. The zero-order valence-electron chi connectivity index (χ0n) is 11.4. The van der Waals surface area contributed by atoms with Gasteiger partial charge in [0.25, 0.3) is 0 Å². The highest BCUT2D eigenvalue weighted by molar-refractivity contribution is 8.00. The summed E-state index contributed by atoms with van der Waals surface area (Å²) in [5, 5.41) is 0.610. The van der Waals surface area contributed by atoms with E-state index < -0.39 is 0 Å². The number of Topliss-reactive ketones (excluding diaryl/α,β-unsaturated/α-hetero) is 1. The molecule has 0 aliphatic rings. The largest absolute Gasteiger partial charge is 0.453 e. The number of carbonyl (C=O) groups excluding carboxylic acids is 1. The molecular weight excluding hydrogens is 287 g/mol. The monoisotopic (exact) mass is 300 g/mol. The molecule has 0 aliphatic heterocycles. The SMILES string of the molecule is Cc1ccc(SCC(=O)c2cc3cc(F)ccc3o2)cc1. The predicted octanol–water partition coefficient (Wildman–Crippen LogP) is 4.86. The quantitative estimate of drug-likeness (QED) is 0.509. The number of ketones is 1. The van der Waals surface area contributed by atoms with Crippen molar-refractivity contribution in [2.24, 2.45) is 0 Å². The van der Waals surface area contributed by atoms with Gasteiger partial charge in [-0.15, -0.1) is 11.8 Å². The Bertz CT molecular complexity index is 790. The average molecular weight is 300 g/mol. The lowest BCUT2D eigenvalue weighted by molar-refractivity contribution is 0.0994. The Morgan fingerprint density at radius 2 is 1.90 bits per heavy atom. The number of rotatable bonds is 4. The van der Waals surface area contributed by atoms with E-state index in [1.807, 2.05) is 31.2 Å². The van der Waals surface area contributed by atoms with Gasteiger partial charge in [0, 0.05) is 10.3 Å². The second kappa shape index (κ2) is 5.74. The lowest BCUT2D eigenvalue weighted by Gasteiger charge is -2.00. The molecule has 2 nitrogen and oxygen atoms in total. The number of halogens is 1. The smallest absolute Gasteiger partial charge is 0.208 e. The second-order valence-corrected chi connectivity index (χ2v) is 5.87. The van der Waals surface area contributed by atoms with Gasteiger partial charge in [-0.2, -0.15) is 0 Å². The highest BCUT2D eigenvalue weighted by Crippen LogP contribution is 2.24. The fourth-order valence-corrected chi connectivity index (χ4v) is 2.77. The third-order valence-corrected chi connectivity index (χ3v) is 4.16. The Balaban J connectivity index is 1.73. The Morgan fingerprint density at radius 3 is 2.67 bits per heavy atom. The van der Waals surface area contributed by atoms with Crippen LogP contribution in [0.2, 0.25) is 0 Å². The first-order chi connectivity index (χ1) is 10.1. The molecule has 0 aliphatic carbocycles. The van der Waals surface area contributed by atoms with Gasteiger partial charge in [0.1, 0.15) is 11.4 Å². The molecule has 1 heterocycles. The van der Waals surface area contributed by atoms with Crippen LogP contribution in [-0.4, -0.2) is 11.5 Å². The van der Waals surface area contributed by atoms with Crippen LogP contribution < -0.4 is 0 Å². The molecule has 0 atom stereocenters. The van der Waals surface area contributed by atoms with Crippen molar-refractivity contribution in [2.75, 3.05) is 5.75 Å². The van der Waals surface area contributed by atoms with Crippen molar-refractivity contribution in [2.45, 2.75) is 11.8 Å². The average Bonchev–Trinajstić information content (AvgIpc) is 2.89. The lowest BCUT2D eigenvalue weighted by Crippen LogP contribution is -2.00. The van der Waals surface area contributed by atoms with E-state index in [0.717, 1.165) is 4.90 Å². The van der Waals surface area contributed by atoms with E-state index in [-0.39, 0.29) is 17.4 Å². The highest BCUT2D eigenvalue weighted by atomic mass is 32.2. The van der Waals surface area contributed by atoms with E-state index in [4.69, 9.17) is 4.42 Å². The zero-order valence-corrected chi connectivity index (χ0v) is 12.2. The summed E-state index contributed by atoms with van der Waals surface area (Å²) >= 11 is 1.46. The van der Waals surface area contributed by atoms with E-state index in [2.05, 4.69) is 0 Å². The number of furan rings is 1. The molecule has 0 bridgehead atoms. The zero-order chi connectivity index (χ0) is 14.8. The first-order valence-electron chi connectivity index (χ1n) is 6.53. The fraction of sp³-hybridized carbons (Fsp3) is 0.118. The number of benzene rings is 2. The van der Waals surface area contributed by atoms with Gasteiger partial charge in [-0.1, -0.05) is 17.7 Å². The summed E-state index contributed by atoms with van der Waals surface area (Å²) in [6, 6.07) is 13.8. The molecule has 106 valence electrons. The molecular formula is C17H13FO2S. The summed E-state index contributed by atoms with van der Waals surface area (Å²) in [4.78, 5) is 13.2. The molecule has 0 N–H and O–H groups in total. The van der Waals surface area contributed by atoms with Gasteiger partial charge in [-0.05, 0) is 43.3 Å². The molecule has 2 aromatic carbocycles. The van der Waals surface area contributed by atoms with Crippen molar-refractivity contribution in [1.29, 1.82) is 0 Å². The van der Waals surface area contributed by atoms with Gasteiger partial charge in [0.05, 0.1) is 5.75 Å². The second-order valence-electron chi connectivity index (χ2n) is 4.82. The van der Waals surface area contributed by atoms with E-state index in [1.165, 1.54) is 35.5 Å². The molecule has 0 saturated heterocycles. The Morgan fingerprint density at radius 1 is 1.14 bits per heavy atom. The minimum absolute atomic E-state index is 0.0998. The standard InChI is InChI=1S/C17H13FO2S/c1-11-2-5-14(6-3-11)21-10-15(19)17-9-12-8-13(18)4-7-16(12)20-17/h2-9H,10H2,1H3. The number of fused-ring (bicyclic) bond motifs is 1. The van der Waals surface area contributed by atoms with E-state index in [0.29, 0.717) is 16.7 Å². The molecule has 0 amide bonds. The molecule has 0 saturated carbocycles. The van der Waals surface area contributed by atoms with E-state index >= 15 is 0 Å². The highest BCUT2D eigenvalue weighted by Gasteiger charge is 2.13. The molecule has 0 unspecified atom stereocenters. The topological polar surface area (TPSA) is 30.2 Å². The molecule has 4 heteroatoms. The van der Waals surface area contributed by atoms with Crippen molar-refractivity contribution in [3.05, 3.63) is 65.7 Å². The Hall–Kier alpha value is -2.07. The van der Waals surface area contributed by atoms with E-state index in [9.17, 15) is 9.18 Å². The van der Waals surface area contributed by atoms with Crippen molar-refractivity contribution >= 4 is 28.5 Å². The molecule has 0 spiro atoms. The normalized spacial score (nSPS) is 11.0. The predicted molar refractivity (Wildman–Crippen MR) is 82.4 cm³/mol. The third-order valence-electron chi connectivity index (χ3n) is 3.14. The van der Waals surface area contributed by atoms with Crippen LogP contribution in [0.5, 0.6) is 0 Å². The third kappa shape index (κ3) is 3.16. The van der Waals surface area contributed by atoms with Crippen LogP contribution in [0.1, 0.15) is 16.1 Å². The maximum atomic E-state index is 13.1. The summed E-state index contributed by atoms with van der Waals surface area (Å²) in [6.45, 7) is 2.02. The molecule has 0 radical (unpaired) electrons. The number of hydrogen-bond donors (Lipinski definition) is 0. The van der Waals surface area contributed by atoms with Gasteiger partial charge >= 0.3 is 0 Å². The minimum Gasteiger partial charge on any atom is -0.453 e. The molecule has 0 fully saturated rings. The first kappa shape index (κ1) is 13.9. The van der Waals surface area contributed by atoms with Gasteiger partial charge in [0.15, 0.2) is 5.76 Å². The maximum Gasteiger partial charge on any atom is 0.208 e. The van der Waals surface area contributed by atoms with Crippen LogP contribution in [0.15, 0.2) is 57.8 Å². The lowest BCUT2D eigenvalue weighted by atomic mass is 10.2. The minimum atomic E-state index is -0.337. The van der Waals surface area contributed by atoms with Crippen molar-refractivity contribution < 1.29 is 13.6 Å². The maximum absolute atomic E-state index is 13.1. The summed E-state index contributed by atoms with van der Waals surface area (Å²) in [7, 11) is 0. The van der Waals surface area contributed by atoms with Crippen LogP contribution in [0, 0.1) is 12.7 Å². The Labute approximate surface area is 126 Å². The molecule has 3 aromatic rings. The molecule has 21 heavy (non-hydrogen) atoms. The van der Waals surface area contributed by atoms with Crippen molar-refractivity contribution in [3.63, 3.8) is 0 Å². The van der Waals surface area contributed by atoms with Crippen LogP contribution in [0.25, 0.3) is 11.0 Å². The number of aryl methyl sites for hydroxylation is 1. The van der Waals surface area contributed by atoms with Gasteiger partial charge < -0.3 is 4.42 Å². The summed E-state index contributed by atoms with van der Waals surface area (Å²) in [5.74, 6) is 0.134. The van der Waals surface area contributed by atoms with Crippen LogP contribution in [-0.2, 0) is 0 Å². The summed E-state index contributed by atoms with van der Waals surface area (Å²) < 4.78 is 18.6. The van der Waals surface area contributed by atoms with Gasteiger partial charge in [-0.3, -0.25) is 4.79 Å². The summed E-state index contributed by atoms with van der Waals surface area (Å²) in [6.07, 6.45) is 0. The fourth-order valence-electron chi connectivity index (χ4n) is 2.01. The van der Waals surface area contributed by atoms with Crippen LogP contribution in [0.4, 0.5) is 4.39 Å². The summed E-state index contributed by atoms with van der Waals surface area (Å²) in [5.41, 5.74) is 1.71. The van der Waals surface area contributed by atoms with Gasteiger partial charge in [0.2, 0.25) is 5.78 Å². The van der Waals surface area contributed by atoms with Crippen LogP contribution >= 0.6 is 11.8 Å².